The van der Waals surface area contributed by atoms with Crippen molar-refractivity contribution in [2.45, 2.75) is 40.0 Å². The summed E-state index contributed by atoms with van der Waals surface area (Å²) >= 11 is 0. The molecule has 0 radical (unpaired) electrons. The average molecular weight is 250 g/mol. The Morgan fingerprint density at radius 1 is 1.39 bits per heavy atom. The molecule has 0 aliphatic heterocycles. The van der Waals surface area contributed by atoms with Gasteiger partial charge in [-0.15, -0.1) is 0 Å². The van der Waals surface area contributed by atoms with Crippen LogP contribution in [-0.4, -0.2) is 18.2 Å². The maximum Gasteiger partial charge on any atom is 0.303 e. The van der Waals surface area contributed by atoms with E-state index >= 15 is 0 Å². The Labute approximate surface area is 109 Å². The van der Waals surface area contributed by atoms with Crippen molar-refractivity contribution >= 4 is 5.97 Å². The summed E-state index contributed by atoms with van der Waals surface area (Å²) in [6.45, 7) is 6.01. The van der Waals surface area contributed by atoms with Gasteiger partial charge in [0.25, 0.3) is 0 Å². The lowest BCUT2D eigenvalue weighted by Crippen LogP contribution is -2.17. The fourth-order valence-electron chi connectivity index (χ4n) is 2.08. The molecule has 0 atom stereocenters. The third-order valence-electron chi connectivity index (χ3n) is 3.18. The van der Waals surface area contributed by atoms with Gasteiger partial charge in [0.05, 0.1) is 13.5 Å². The molecule has 0 unspecified atom stereocenters. The predicted molar refractivity (Wildman–Crippen MR) is 72.1 cm³/mol. The molecule has 1 N–H and O–H groups in total. The van der Waals surface area contributed by atoms with Crippen molar-refractivity contribution in [1.29, 1.82) is 0 Å². The van der Waals surface area contributed by atoms with Gasteiger partial charge in [-0.1, -0.05) is 26.0 Å². The monoisotopic (exact) mass is 250 g/mol. The van der Waals surface area contributed by atoms with E-state index in [9.17, 15) is 4.79 Å². The lowest BCUT2D eigenvalue weighted by atomic mass is 9.83. The molecular formula is C15H22O3. The van der Waals surface area contributed by atoms with Crippen LogP contribution < -0.4 is 4.74 Å². The highest BCUT2D eigenvalue weighted by atomic mass is 16.5. The zero-order chi connectivity index (χ0) is 13.8. The Kier molecular flexibility index (Phi) is 4.76. The minimum Gasteiger partial charge on any atom is -0.496 e. The fourth-order valence-corrected chi connectivity index (χ4v) is 2.08. The van der Waals surface area contributed by atoms with Crippen LogP contribution in [0.15, 0.2) is 18.2 Å². The number of aryl methyl sites for hydroxylation is 2. The first kappa shape index (κ1) is 14.6. The van der Waals surface area contributed by atoms with Crippen LogP contribution in [0.2, 0.25) is 0 Å². The maximum atomic E-state index is 10.7. The van der Waals surface area contributed by atoms with Crippen molar-refractivity contribution in [2.75, 3.05) is 7.11 Å². The second-order valence-electron chi connectivity index (χ2n) is 5.54. The van der Waals surface area contributed by atoms with E-state index in [0.29, 0.717) is 0 Å². The van der Waals surface area contributed by atoms with Crippen LogP contribution in [0, 0.1) is 12.3 Å². The maximum absolute atomic E-state index is 10.7. The van der Waals surface area contributed by atoms with Crippen LogP contribution in [0.5, 0.6) is 5.75 Å². The molecule has 1 rings (SSSR count). The number of methoxy groups -OCH3 is 1. The Bertz CT molecular complexity index is 422. The van der Waals surface area contributed by atoms with E-state index in [0.717, 1.165) is 24.2 Å². The second-order valence-corrected chi connectivity index (χ2v) is 5.54. The quantitative estimate of drug-likeness (QED) is 0.841. The Balaban J connectivity index is 2.63. The fraction of sp³-hybridized carbons (Fsp3) is 0.533. The third-order valence-corrected chi connectivity index (χ3v) is 3.18. The van der Waals surface area contributed by atoms with Gasteiger partial charge in [-0.25, -0.2) is 0 Å². The molecule has 1 aromatic rings. The molecule has 0 saturated heterocycles. The van der Waals surface area contributed by atoms with Gasteiger partial charge in [-0.05, 0) is 42.4 Å². The topological polar surface area (TPSA) is 46.5 Å². The molecule has 3 nitrogen and oxygen atoms in total. The van der Waals surface area contributed by atoms with Gasteiger partial charge in [0.15, 0.2) is 0 Å². The number of hydrogen-bond donors (Lipinski definition) is 1. The third kappa shape index (κ3) is 4.40. The summed E-state index contributed by atoms with van der Waals surface area (Å²) in [4.78, 5) is 10.7. The van der Waals surface area contributed by atoms with Crippen LogP contribution in [0.4, 0.5) is 0 Å². The number of carboxylic acids is 1. The van der Waals surface area contributed by atoms with E-state index in [2.05, 4.69) is 6.07 Å². The highest BCUT2D eigenvalue weighted by Gasteiger charge is 2.21. The van der Waals surface area contributed by atoms with Crippen molar-refractivity contribution in [3.05, 3.63) is 29.3 Å². The first-order chi connectivity index (χ1) is 8.34. The van der Waals surface area contributed by atoms with Crippen molar-refractivity contribution in [2.24, 2.45) is 5.41 Å². The molecule has 18 heavy (non-hydrogen) atoms. The molecule has 0 amide bonds. The summed E-state index contributed by atoms with van der Waals surface area (Å²) in [7, 11) is 1.66. The van der Waals surface area contributed by atoms with E-state index in [1.54, 1.807) is 7.11 Å². The van der Waals surface area contributed by atoms with Crippen molar-refractivity contribution < 1.29 is 14.6 Å². The van der Waals surface area contributed by atoms with E-state index in [1.807, 2.05) is 32.9 Å². The number of carboxylic acid groups (broad SMARTS) is 1. The van der Waals surface area contributed by atoms with Gasteiger partial charge in [0, 0.05) is 0 Å². The Morgan fingerprint density at radius 3 is 2.56 bits per heavy atom. The summed E-state index contributed by atoms with van der Waals surface area (Å²) in [5.74, 6) is 0.162. The highest BCUT2D eigenvalue weighted by Crippen LogP contribution is 2.28. The van der Waals surface area contributed by atoms with Crippen molar-refractivity contribution in [1.82, 2.24) is 0 Å². The molecule has 0 heterocycles. The second kappa shape index (κ2) is 5.89. The molecule has 0 fully saturated rings. The SMILES string of the molecule is COc1ccc(CCC(C)(C)CC(=O)O)cc1C. The van der Waals surface area contributed by atoms with E-state index < -0.39 is 5.97 Å². The predicted octanol–water partition coefficient (Wildman–Crippen LogP) is 3.44. The number of ether oxygens (including phenoxy) is 1. The van der Waals surface area contributed by atoms with Gasteiger partial charge < -0.3 is 9.84 Å². The first-order valence-electron chi connectivity index (χ1n) is 6.19. The van der Waals surface area contributed by atoms with Crippen LogP contribution in [0.1, 0.15) is 37.8 Å². The molecule has 0 bridgehead atoms. The highest BCUT2D eigenvalue weighted by molar-refractivity contribution is 5.67. The molecule has 0 aromatic heterocycles. The van der Waals surface area contributed by atoms with Crippen LogP contribution >= 0.6 is 0 Å². The van der Waals surface area contributed by atoms with E-state index in [-0.39, 0.29) is 11.8 Å². The molecule has 0 spiro atoms. The summed E-state index contributed by atoms with van der Waals surface area (Å²) in [5, 5.41) is 8.84. The lowest BCUT2D eigenvalue weighted by molar-refractivity contribution is -0.139. The molecule has 3 heteroatoms. The molecule has 1 aromatic carbocycles. The molecule has 0 aliphatic carbocycles. The van der Waals surface area contributed by atoms with Crippen molar-refractivity contribution in [3.8, 4) is 5.75 Å². The number of carbonyl (C=O) groups is 1. The number of benzene rings is 1. The van der Waals surface area contributed by atoms with E-state index in [1.165, 1.54) is 5.56 Å². The zero-order valence-corrected chi connectivity index (χ0v) is 11.6. The van der Waals surface area contributed by atoms with Gasteiger partial charge in [0.2, 0.25) is 0 Å². The largest absolute Gasteiger partial charge is 0.496 e. The minimum atomic E-state index is -0.731. The normalized spacial score (nSPS) is 11.3. The van der Waals surface area contributed by atoms with Gasteiger partial charge in [-0.2, -0.15) is 0 Å². The van der Waals surface area contributed by atoms with Crippen LogP contribution in [0.25, 0.3) is 0 Å². The number of hydrogen-bond acceptors (Lipinski definition) is 2. The van der Waals surface area contributed by atoms with Gasteiger partial charge in [-0.3, -0.25) is 4.79 Å². The molecule has 100 valence electrons. The Morgan fingerprint density at radius 2 is 2.06 bits per heavy atom. The number of aliphatic carboxylic acids is 1. The lowest BCUT2D eigenvalue weighted by Gasteiger charge is -2.22. The Hall–Kier alpha value is -1.51. The average Bonchev–Trinajstić information content (AvgIpc) is 2.25. The molecular weight excluding hydrogens is 228 g/mol. The van der Waals surface area contributed by atoms with Crippen LogP contribution in [-0.2, 0) is 11.2 Å². The first-order valence-corrected chi connectivity index (χ1v) is 6.19. The summed E-state index contributed by atoms with van der Waals surface area (Å²) in [6, 6.07) is 6.12. The minimum absolute atomic E-state index is 0.167. The standard InChI is InChI=1S/C15H22O3/c1-11-9-12(5-6-13(11)18-4)7-8-15(2,3)10-14(16)17/h5-6,9H,7-8,10H2,1-4H3,(H,16,17). The molecule has 0 saturated carbocycles. The van der Waals surface area contributed by atoms with Gasteiger partial charge >= 0.3 is 5.97 Å². The van der Waals surface area contributed by atoms with E-state index in [4.69, 9.17) is 9.84 Å². The van der Waals surface area contributed by atoms with Gasteiger partial charge in [0.1, 0.15) is 5.75 Å². The summed E-state index contributed by atoms with van der Waals surface area (Å²) < 4.78 is 5.22. The zero-order valence-electron chi connectivity index (χ0n) is 11.6. The summed E-state index contributed by atoms with van der Waals surface area (Å²) in [5.41, 5.74) is 2.18. The smallest absolute Gasteiger partial charge is 0.303 e. The molecule has 0 aliphatic rings. The van der Waals surface area contributed by atoms with Crippen molar-refractivity contribution in [3.63, 3.8) is 0 Å². The van der Waals surface area contributed by atoms with Crippen LogP contribution in [0.3, 0.4) is 0 Å². The number of rotatable bonds is 6. The summed E-state index contributed by atoms with van der Waals surface area (Å²) in [6.07, 6.45) is 1.97.